The number of methoxy groups -OCH3 is 1. The summed E-state index contributed by atoms with van der Waals surface area (Å²) in [7, 11) is 3.73. The van der Waals surface area contributed by atoms with Crippen molar-refractivity contribution in [1.82, 2.24) is 19.7 Å². The van der Waals surface area contributed by atoms with E-state index in [0.717, 1.165) is 42.5 Å². The fourth-order valence-electron chi connectivity index (χ4n) is 5.76. The predicted octanol–water partition coefficient (Wildman–Crippen LogP) is 2.62. The lowest BCUT2D eigenvalue weighted by Crippen LogP contribution is -2.68. The fourth-order valence-corrected chi connectivity index (χ4v) is 5.76. The minimum Gasteiger partial charge on any atom is -0.497 e. The van der Waals surface area contributed by atoms with Crippen molar-refractivity contribution in [2.24, 2.45) is 13.0 Å². The van der Waals surface area contributed by atoms with Gasteiger partial charge in [-0.15, -0.1) is 0 Å². The number of aryl methyl sites for hydroxylation is 1. The molecule has 0 unspecified atom stereocenters. The number of nitrogens with one attached hydrogen (secondary N) is 1. The number of hydrogen-bond acceptors (Lipinski definition) is 4. The molecule has 1 saturated heterocycles. The van der Waals surface area contributed by atoms with E-state index < -0.39 is 0 Å². The van der Waals surface area contributed by atoms with Crippen molar-refractivity contribution in [3.63, 3.8) is 0 Å². The largest absolute Gasteiger partial charge is 0.497 e. The highest BCUT2D eigenvalue weighted by Crippen LogP contribution is 2.50. The van der Waals surface area contributed by atoms with Gasteiger partial charge in [0.15, 0.2) is 0 Å². The summed E-state index contributed by atoms with van der Waals surface area (Å²) in [4.78, 5) is 17.6. The molecule has 3 heterocycles. The van der Waals surface area contributed by atoms with Crippen LogP contribution < -0.4 is 10.1 Å². The van der Waals surface area contributed by atoms with Crippen LogP contribution in [0, 0.1) is 5.92 Å². The molecule has 1 spiro atoms. The van der Waals surface area contributed by atoms with Gasteiger partial charge in [0.05, 0.1) is 25.3 Å². The van der Waals surface area contributed by atoms with Crippen LogP contribution in [0.15, 0.2) is 18.2 Å². The Morgan fingerprint density at radius 2 is 2.03 bits per heavy atom. The lowest BCUT2D eigenvalue weighted by molar-refractivity contribution is 0.00744. The number of fused-ring (bicyclic) bond motifs is 4. The number of urea groups is 1. The Morgan fingerprint density at radius 3 is 2.65 bits per heavy atom. The van der Waals surface area contributed by atoms with Crippen molar-refractivity contribution in [2.75, 3.05) is 39.9 Å². The van der Waals surface area contributed by atoms with Gasteiger partial charge in [0.25, 0.3) is 0 Å². The van der Waals surface area contributed by atoms with Crippen LogP contribution >= 0.6 is 0 Å². The SMILES string of the molecule is COc1ccc2c3c(n(C)c2c1)[C@H](CO)N(C(=O)NC(C)C)CC31CN(CC2CC2)C1. The summed E-state index contributed by atoms with van der Waals surface area (Å²) in [6.45, 7) is 7.58. The number of benzene rings is 1. The second kappa shape index (κ2) is 7.41. The first-order valence-corrected chi connectivity index (χ1v) is 11.4. The van der Waals surface area contributed by atoms with E-state index in [1.807, 2.05) is 31.9 Å². The Kier molecular flexibility index (Phi) is 4.94. The molecule has 1 atom stereocenters. The molecule has 31 heavy (non-hydrogen) atoms. The van der Waals surface area contributed by atoms with Crippen molar-refractivity contribution >= 4 is 16.9 Å². The molecule has 1 aliphatic carbocycles. The minimum absolute atomic E-state index is 0.0497. The third-order valence-corrected chi connectivity index (χ3v) is 7.26. The topological polar surface area (TPSA) is 70.0 Å². The molecule has 2 N–H and O–H groups in total. The van der Waals surface area contributed by atoms with Gasteiger partial charge in [-0.25, -0.2) is 4.79 Å². The van der Waals surface area contributed by atoms with E-state index in [2.05, 4.69) is 26.9 Å². The van der Waals surface area contributed by atoms with Gasteiger partial charge in [0.1, 0.15) is 5.75 Å². The second-order valence-electron chi connectivity index (χ2n) is 10.0. The minimum atomic E-state index is -0.361. The Morgan fingerprint density at radius 1 is 1.29 bits per heavy atom. The summed E-state index contributed by atoms with van der Waals surface area (Å²) in [5.74, 6) is 1.67. The molecule has 1 aromatic heterocycles. The van der Waals surface area contributed by atoms with E-state index in [0.29, 0.717) is 6.54 Å². The molecule has 0 bridgehead atoms. The number of carbonyl (C=O) groups excluding carboxylic acids is 1. The number of rotatable bonds is 5. The second-order valence-corrected chi connectivity index (χ2v) is 10.0. The van der Waals surface area contributed by atoms with Gasteiger partial charge in [-0.1, -0.05) is 0 Å². The predicted molar refractivity (Wildman–Crippen MR) is 121 cm³/mol. The zero-order chi connectivity index (χ0) is 21.9. The maximum atomic E-state index is 13.2. The van der Waals surface area contributed by atoms with Crippen LogP contribution in [-0.2, 0) is 12.5 Å². The number of ether oxygens (including phenoxy) is 1. The quantitative estimate of drug-likeness (QED) is 0.771. The Balaban J connectivity index is 1.62. The van der Waals surface area contributed by atoms with Crippen molar-refractivity contribution in [2.45, 2.75) is 44.2 Å². The average Bonchev–Trinajstić information content (AvgIpc) is 3.49. The lowest BCUT2D eigenvalue weighted by Gasteiger charge is -2.56. The first kappa shape index (κ1) is 20.6. The van der Waals surface area contributed by atoms with Gasteiger partial charge in [-0.05, 0) is 50.3 Å². The van der Waals surface area contributed by atoms with E-state index in [1.54, 1.807) is 7.11 Å². The zero-order valence-corrected chi connectivity index (χ0v) is 19.0. The number of aliphatic hydroxyl groups excluding tert-OH is 1. The number of aromatic nitrogens is 1. The van der Waals surface area contributed by atoms with Gasteiger partial charge in [-0.3, -0.25) is 0 Å². The molecule has 5 rings (SSSR count). The van der Waals surface area contributed by atoms with Gasteiger partial charge < -0.3 is 29.5 Å². The number of amides is 2. The van der Waals surface area contributed by atoms with Crippen molar-refractivity contribution < 1.29 is 14.6 Å². The van der Waals surface area contributed by atoms with Crippen LogP contribution in [0.3, 0.4) is 0 Å². The highest BCUT2D eigenvalue weighted by Gasteiger charge is 2.54. The normalized spacial score (nSPS) is 22.6. The Hall–Kier alpha value is -2.25. The van der Waals surface area contributed by atoms with E-state index in [4.69, 9.17) is 4.74 Å². The monoisotopic (exact) mass is 426 g/mol. The van der Waals surface area contributed by atoms with E-state index in [1.165, 1.54) is 23.8 Å². The maximum absolute atomic E-state index is 13.2. The highest BCUT2D eigenvalue weighted by molar-refractivity contribution is 5.90. The molecule has 7 nitrogen and oxygen atoms in total. The molecule has 1 aromatic carbocycles. The van der Waals surface area contributed by atoms with Gasteiger partial charge in [-0.2, -0.15) is 0 Å². The summed E-state index contributed by atoms with van der Waals surface area (Å²) in [6, 6.07) is 5.82. The summed E-state index contributed by atoms with van der Waals surface area (Å²) in [5.41, 5.74) is 3.36. The zero-order valence-electron chi connectivity index (χ0n) is 19.0. The van der Waals surface area contributed by atoms with Crippen LogP contribution in [0.2, 0.25) is 0 Å². The van der Waals surface area contributed by atoms with Crippen molar-refractivity contribution in [3.05, 3.63) is 29.5 Å². The summed E-state index contributed by atoms with van der Waals surface area (Å²) in [5, 5.41) is 14.7. The fraction of sp³-hybridized carbons (Fsp3) is 0.625. The molecule has 2 fully saturated rings. The molecule has 0 radical (unpaired) electrons. The van der Waals surface area contributed by atoms with E-state index in [-0.39, 0.29) is 30.1 Å². The first-order chi connectivity index (χ1) is 14.9. The summed E-state index contributed by atoms with van der Waals surface area (Å²) in [6.07, 6.45) is 2.69. The number of aliphatic hydroxyl groups is 1. The summed E-state index contributed by atoms with van der Waals surface area (Å²) < 4.78 is 7.64. The van der Waals surface area contributed by atoms with Gasteiger partial charge in [0, 0.05) is 61.8 Å². The van der Waals surface area contributed by atoms with Crippen LogP contribution in [0.4, 0.5) is 4.79 Å². The molecule has 168 valence electrons. The maximum Gasteiger partial charge on any atom is 0.318 e. The number of likely N-dealkylation sites (tertiary alicyclic amines) is 1. The number of hydrogen-bond donors (Lipinski definition) is 2. The lowest BCUT2D eigenvalue weighted by atomic mass is 9.68. The number of nitrogens with zero attached hydrogens (tertiary/aromatic N) is 3. The molecular weight excluding hydrogens is 392 g/mol. The summed E-state index contributed by atoms with van der Waals surface area (Å²) >= 11 is 0. The highest BCUT2D eigenvalue weighted by atomic mass is 16.5. The smallest absolute Gasteiger partial charge is 0.318 e. The third kappa shape index (κ3) is 3.29. The molecule has 3 aliphatic rings. The Labute approximate surface area is 183 Å². The average molecular weight is 427 g/mol. The van der Waals surface area contributed by atoms with Gasteiger partial charge in [0.2, 0.25) is 0 Å². The van der Waals surface area contributed by atoms with Crippen LogP contribution in [0.1, 0.15) is 44.0 Å². The molecule has 2 aliphatic heterocycles. The standard InChI is InChI=1S/C24H34N4O3/c1-15(2)25-23(30)28-14-24(12-27(13-24)10-16-5-6-16)21-18-8-7-17(31-4)9-19(18)26(3)22(21)20(28)11-29/h7-9,15-16,20,29H,5-6,10-14H2,1-4H3,(H,25,30)/t20-/m0/s1. The molecule has 2 amide bonds. The Bertz CT molecular complexity index is 1000. The first-order valence-electron chi connectivity index (χ1n) is 11.4. The van der Waals surface area contributed by atoms with Gasteiger partial charge >= 0.3 is 6.03 Å². The van der Waals surface area contributed by atoms with Crippen LogP contribution in [0.25, 0.3) is 10.9 Å². The van der Waals surface area contributed by atoms with Crippen LogP contribution in [0.5, 0.6) is 5.75 Å². The van der Waals surface area contributed by atoms with E-state index in [9.17, 15) is 9.90 Å². The molecule has 7 heteroatoms. The third-order valence-electron chi connectivity index (χ3n) is 7.26. The van der Waals surface area contributed by atoms with E-state index >= 15 is 0 Å². The van der Waals surface area contributed by atoms with Crippen molar-refractivity contribution in [1.29, 1.82) is 0 Å². The van der Waals surface area contributed by atoms with Crippen LogP contribution in [-0.4, -0.2) is 71.4 Å². The molecule has 2 aromatic rings. The molecule has 1 saturated carbocycles. The van der Waals surface area contributed by atoms with Crippen molar-refractivity contribution in [3.8, 4) is 5.75 Å². The number of carbonyl (C=O) groups is 1. The molecular formula is C24H34N4O3.